The fraction of sp³-hybridized carbons (Fsp3) is 0.625. The number of benzene rings is 1. The number of hydrogen-bond acceptors (Lipinski definition) is 3. The Morgan fingerprint density at radius 2 is 1.80 bits per heavy atom. The standard InChI is InChI=1S/C16H24ClNO2/c1-5-18-13(10-16(2,3)4)11-8-14-15(9-12(11)17)20-7-6-19-14/h8-9,13,18H,5-7,10H2,1-4H3. The van der Waals surface area contributed by atoms with Gasteiger partial charge in [-0.25, -0.2) is 0 Å². The molecule has 3 nitrogen and oxygen atoms in total. The van der Waals surface area contributed by atoms with Gasteiger partial charge in [-0.1, -0.05) is 39.3 Å². The molecule has 1 unspecified atom stereocenters. The van der Waals surface area contributed by atoms with Crippen molar-refractivity contribution in [3.8, 4) is 11.5 Å². The quantitative estimate of drug-likeness (QED) is 0.903. The highest BCUT2D eigenvalue weighted by Gasteiger charge is 2.24. The molecule has 0 fully saturated rings. The molecular formula is C16H24ClNO2. The predicted molar refractivity (Wildman–Crippen MR) is 82.9 cm³/mol. The number of hydrogen-bond donors (Lipinski definition) is 1. The summed E-state index contributed by atoms with van der Waals surface area (Å²) in [6, 6.07) is 4.12. The molecule has 0 bridgehead atoms. The Balaban J connectivity index is 2.32. The van der Waals surface area contributed by atoms with Gasteiger partial charge in [0.1, 0.15) is 13.2 Å². The van der Waals surface area contributed by atoms with Crippen LogP contribution in [-0.2, 0) is 0 Å². The van der Waals surface area contributed by atoms with Gasteiger partial charge >= 0.3 is 0 Å². The summed E-state index contributed by atoms with van der Waals surface area (Å²) >= 11 is 6.44. The summed E-state index contributed by atoms with van der Waals surface area (Å²) in [5, 5.41) is 4.26. The van der Waals surface area contributed by atoms with Crippen molar-refractivity contribution >= 4 is 11.6 Å². The van der Waals surface area contributed by atoms with E-state index in [1.54, 1.807) is 0 Å². The summed E-state index contributed by atoms with van der Waals surface area (Å²) in [6.45, 7) is 10.9. The summed E-state index contributed by atoms with van der Waals surface area (Å²) in [6.07, 6.45) is 1.01. The molecule has 1 aromatic carbocycles. The highest BCUT2D eigenvalue weighted by atomic mass is 35.5. The van der Waals surface area contributed by atoms with Gasteiger partial charge in [0.25, 0.3) is 0 Å². The summed E-state index contributed by atoms with van der Waals surface area (Å²) in [7, 11) is 0. The second-order valence-electron chi connectivity index (χ2n) is 6.39. The normalized spacial score (nSPS) is 16.1. The Kier molecular flexibility index (Phi) is 4.82. The van der Waals surface area contributed by atoms with Crippen LogP contribution in [0.3, 0.4) is 0 Å². The first-order valence-corrected chi connectivity index (χ1v) is 7.61. The lowest BCUT2D eigenvalue weighted by Gasteiger charge is -2.29. The zero-order valence-electron chi connectivity index (χ0n) is 12.8. The van der Waals surface area contributed by atoms with Gasteiger partial charge in [0, 0.05) is 17.1 Å². The van der Waals surface area contributed by atoms with E-state index in [4.69, 9.17) is 21.1 Å². The molecule has 2 rings (SSSR count). The first-order chi connectivity index (χ1) is 9.40. The third-order valence-electron chi connectivity index (χ3n) is 3.30. The number of halogens is 1. The summed E-state index contributed by atoms with van der Waals surface area (Å²) in [5.41, 5.74) is 1.32. The van der Waals surface area contributed by atoms with Crippen molar-refractivity contribution in [1.82, 2.24) is 5.32 Å². The average molecular weight is 298 g/mol. The van der Waals surface area contributed by atoms with Crippen LogP contribution in [0, 0.1) is 5.41 Å². The molecule has 1 aliphatic heterocycles. The largest absolute Gasteiger partial charge is 0.486 e. The smallest absolute Gasteiger partial charge is 0.162 e. The van der Waals surface area contributed by atoms with Crippen LogP contribution in [0.2, 0.25) is 5.02 Å². The molecule has 0 amide bonds. The van der Waals surface area contributed by atoms with E-state index < -0.39 is 0 Å². The summed E-state index contributed by atoms with van der Waals surface area (Å²) in [5.74, 6) is 1.54. The molecule has 0 aromatic heterocycles. The first kappa shape index (κ1) is 15.5. The van der Waals surface area contributed by atoms with Crippen molar-refractivity contribution in [3.63, 3.8) is 0 Å². The topological polar surface area (TPSA) is 30.5 Å². The maximum Gasteiger partial charge on any atom is 0.162 e. The van der Waals surface area contributed by atoms with E-state index in [9.17, 15) is 0 Å². The van der Waals surface area contributed by atoms with Crippen molar-refractivity contribution in [2.45, 2.75) is 40.2 Å². The number of rotatable bonds is 4. The third kappa shape index (κ3) is 3.80. The van der Waals surface area contributed by atoms with Gasteiger partial charge in [-0.15, -0.1) is 0 Å². The Hall–Kier alpha value is -0.930. The van der Waals surface area contributed by atoms with Gasteiger partial charge in [0.05, 0.1) is 0 Å². The SMILES string of the molecule is CCNC(CC(C)(C)C)c1cc2c(cc1Cl)OCCO2. The van der Waals surface area contributed by atoms with Crippen molar-refractivity contribution in [2.24, 2.45) is 5.41 Å². The minimum atomic E-state index is 0.225. The molecule has 0 spiro atoms. The van der Waals surface area contributed by atoms with E-state index in [2.05, 4.69) is 33.0 Å². The lowest BCUT2D eigenvalue weighted by atomic mass is 9.85. The number of ether oxygens (including phenoxy) is 2. The third-order valence-corrected chi connectivity index (χ3v) is 3.63. The van der Waals surface area contributed by atoms with Crippen LogP contribution in [0.15, 0.2) is 12.1 Å². The molecule has 1 aromatic rings. The Morgan fingerprint density at radius 3 is 2.35 bits per heavy atom. The summed E-state index contributed by atoms with van der Waals surface area (Å²) < 4.78 is 11.2. The second kappa shape index (κ2) is 6.23. The van der Waals surface area contributed by atoms with Crippen LogP contribution in [0.5, 0.6) is 11.5 Å². The molecule has 112 valence electrons. The number of nitrogens with one attached hydrogen (secondary N) is 1. The molecule has 20 heavy (non-hydrogen) atoms. The van der Waals surface area contributed by atoms with Crippen LogP contribution < -0.4 is 14.8 Å². The Bertz CT molecular complexity index is 468. The van der Waals surface area contributed by atoms with E-state index in [1.165, 1.54) is 0 Å². The molecule has 0 saturated heterocycles. The van der Waals surface area contributed by atoms with Crippen molar-refractivity contribution < 1.29 is 9.47 Å². The van der Waals surface area contributed by atoms with Gasteiger partial charge in [-0.3, -0.25) is 0 Å². The molecular weight excluding hydrogens is 274 g/mol. The van der Waals surface area contributed by atoms with Gasteiger partial charge in [-0.05, 0) is 30.0 Å². The molecule has 0 saturated carbocycles. The van der Waals surface area contributed by atoms with E-state index in [0.29, 0.717) is 13.2 Å². The minimum Gasteiger partial charge on any atom is -0.486 e. The van der Waals surface area contributed by atoms with Crippen LogP contribution in [0.25, 0.3) is 0 Å². The van der Waals surface area contributed by atoms with Crippen molar-refractivity contribution in [2.75, 3.05) is 19.8 Å². The maximum absolute atomic E-state index is 6.44. The van der Waals surface area contributed by atoms with E-state index in [0.717, 1.165) is 35.1 Å². The molecule has 4 heteroatoms. The molecule has 0 radical (unpaired) electrons. The number of fused-ring (bicyclic) bond motifs is 1. The minimum absolute atomic E-state index is 0.225. The van der Waals surface area contributed by atoms with Crippen LogP contribution in [0.1, 0.15) is 45.7 Å². The predicted octanol–water partition coefficient (Wildman–Crippen LogP) is 4.20. The van der Waals surface area contributed by atoms with Gasteiger partial charge in [0.15, 0.2) is 11.5 Å². The van der Waals surface area contributed by atoms with Crippen molar-refractivity contribution in [1.29, 1.82) is 0 Å². The molecule has 1 aliphatic rings. The van der Waals surface area contributed by atoms with E-state index >= 15 is 0 Å². The van der Waals surface area contributed by atoms with Gasteiger partial charge in [0.2, 0.25) is 0 Å². The molecule has 1 atom stereocenters. The molecule has 1 heterocycles. The second-order valence-corrected chi connectivity index (χ2v) is 6.80. The monoisotopic (exact) mass is 297 g/mol. The van der Waals surface area contributed by atoms with Gasteiger partial charge < -0.3 is 14.8 Å². The van der Waals surface area contributed by atoms with Gasteiger partial charge in [-0.2, -0.15) is 0 Å². The lowest BCUT2D eigenvalue weighted by molar-refractivity contribution is 0.171. The molecule has 1 N–H and O–H groups in total. The van der Waals surface area contributed by atoms with Crippen LogP contribution in [0.4, 0.5) is 0 Å². The van der Waals surface area contributed by atoms with E-state index in [-0.39, 0.29) is 11.5 Å². The fourth-order valence-electron chi connectivity index (χ4n) is 2.50. The fourth-order valence-corrected chi connectivity index (χ4v) is 2.78. The van der Waals surface area contributed by atoms with Crippen LogP contribution >= 0.6 is 11.6 Å². The van der Waals surface area contributed by atoms with Crippen molar-refractivity contribution in [3.05, 3.63) is 22.7 Å². The first-order valence-electron chi connectivity index (χ1n) is 7.23. The maximum atomic E-state index is 6.44. The zero-order valence-corrected chi connectivity index (χ0v) is 13.5. The summed E-state index contributed by atoms with van der Waals surface area (Å²) in [4.78, 5) is 0. The zero-order chi connectivity index (χ0) is 14.8. The lowest BCUT2D eigenvalue weighted by Crippen LogP contribution is -2.26. The Labute approximate surface area is 126 Å². The highest BCUT2D eigenvalue weighted by Crippen LogP contribution is 2.40. The average Bonchev–Trinajstić information content (AvgIpc) is 2.36. The van der Waals surface area contributed by atoms with E-state index in [1.807, 2.05) is 12.1 Å². The highest BCUT2D eigenvalue weighted by molar-refractivity contribution is 6.31. The Morgan fingerprint density at radius 1 is 1.20 bits per heavy atom. The van der Waals surface area contributed by atoms with Crippen LogP contribution in [-0.4, -0.2) is 19.8 Å². The molecule has 0 aliphatic carbocycles.